The van der Waals surface area contributed by atoms with Crippen LogP contribution in [-0.2, 0) is 52.8 Å². The number of phosphoric ester groups is 2. The third-order valence-corrected chi connectivity index (χ3v) is 7.75. The Morgan fingerprint density at radius 3 is 1.34 bits per heavy atom. The van der Waals surface area contributed by atoms with Crippen LogP contribution in [0.1, 0.15) is 117 Å². The fourth-order valence-electron chi connectivity index (χ4n) is 2.81. The van der Waals surface area contributed by atoms with E-state index in [0.717, 1.165) is 70.6 Å². The van der Waals surface area contributed by atoms with Gasteiger partial charge in [0.2, 0.25) is 0 Å². The Morgan fingerprint density at radius 2 is 0.943 bits per heavy atom. The van der Waals surface area contributed by atoms with Crippen molar-refractivity contribution < 1.29 is 66.3 Å². The van der Waals surface area contributed by atoms with Crippen molar-refractivity contribution in [2.24, 2.45) is 0 Å². The second kappa shape index (κ2) is 26.3. The molecule has 0 radical (unpaired) electrons. The predicted octanol–water partition coefficient (Wildman–Crippen LogP) is 6.87. The maximum atomic E-state index is 11.7. The van der Waals surface area contributed by atoms with Gasteiger partial charge in [0.25, 0.3) is 0 Å². The summed E-state index contributed by atoms with van der Waals surface area (Å²) in [4.78, 5) is 23.4. The van der Waals surface area contributed by atoms with E-state index < -0.39 is 34.3 Å². The Morgan fingerprint density at radius 1 is 0.600 bits per heavy atom. The first-order valence-corrected chi connectivity index (χ1v) is 17.7. The number of rotatable bonds is 24. The van der Waals surface area contributed by atoms with Crippen LogP contribution in [0.3, 0.4) is 0 Å². The van der Waals surface area contributed by atoms with Crippen molar-refractivity contribution >= 4 is 15.6 Å². The molecule has 2 atom stereocenters. The predicted molar refractivity (Wildman–Crippen MR) is 129 cm³/mol. The van der Waals surface area contributed by atoms with Crippen molar-refractivity contribution in [3.8, 4) is 0 Å². The molecule has 0 aliphatic carbocycles. The minimum absolute atomic E-state index is 0.0112. The molecule has 212 valence electrons. The summed E-state index contributed by atoms with van der Waals surface area (Å²) in [5.41, 5.74) is 0. The molecule has 0 aliphatic heterocycles. The van der Waals surface area contributed by atoms with Gasteiger partial charge in [-0.15, -0.1) is 0 Å². The van der Waals surface area contributed by atoms with E-state index in [4.69, 9.17) is 12.7 Å². The third-order valence-electron chi connectivity index (χ3n) is 4.67. The van der Waals surface area contributed by atoms with Crippen molar-refractivity contribution in [1.29, 1.82) is 0 Å². The fraction of sp³-hybridized carbons (Fsp3) is 1.00. The second-order valence-electron chi connectivity index (χ2n) is 8.10. The van der Waals surface area contributed by atoms with Gasteiger partial charge in [-0.25, -0.2) is 9.13 Å². The standard InChI is InChI=1S/C16H36O7P2.C5H12O2.H2O.O.Ti/c1-3-5-7-9-11-13-15-21-24(17,18)23-25(19,20)22-16-14-12-10-8-6-4-2;1-2-3-4-5-7-6;;;/h3-16H2,1-2H3,(H,17,18)(H,19,20);6H,2-5H2,1H3;1H2;;/q;;;;+2/p-2. The quantitative estimate of drug-likeness (QED) is 0.0356. The van der Waals surface area contributed by atoms with Gasteiger partial charge in [-0.2, -0.15) is 4.31 Å². The number of hydrogen-bond acceptors (Lipinski definition) is 8. The summed E-state index contributed by atoms with van der Waals surface area (Å²) in [6.07, 6.45) is 15.0. The summed E-state index contributed by atoms with van der Waals surface area (Å²) in [5, 5.41) is 0. The van der Waals surface area contributed by atoms with E-state index in [-0.39, 0.29) is 13.2 Å². The third kappa shape index (κ3) is 32.6. The van der Waals surface area contributed by atoms with E-state index in [1.807, 2.05) is 0 Å². The Hall–Kier alpha value is 0.654. The van der Waals surface area contributed by atoms with E-state index in [1.165, 1.54) is 12.8 Å². The van der Waals surface area contributed by atoms with Crippen molar-refractivity contribution in [3.05, 3.63) is 0 Å². The van der Waals surface area contributed by atoms with Crippen LogP contribution in [0.5, 0.6) is 0 Å². The van der Waals surface area contributed by atoms with E-state index in [1.54, 1.807) is 0 Å². The average molecular weight is 586 g/mol. The zero-order chi connectivity index (χ0) is 26.8. The Balaban J connectivity index is 0. The van der Waals surface area contributed by atoms with Gasteiger partial charge in [-0.3, -0.25) is 9.05 Å². The second-order valence-corrected chi connectivity index (χ2v) is 12.2. The fourth-order valence-corrected chi connectivity index (χ4v) is 5.23. The van der Waals surface area contributed by atoms with Crippen LogP contribution in [0.25, 0.3) is 0 Å². The Kier molecular flexibility index (Phi) is 28.4. The summed E-state index contributed by atoms with van der Waals surface area (Å²) in [7, 11) is -9.17. The van der Waals surface area contributed by atoms with Crippen LogP contribution in [-0.4, -0.2) is 33.3 Å². The summed E-state index contributed by atoms with van der Waals surface area (Å²) < 4.78 is 59.2. The van der Waals surface area contributed by atoms with Crippen molar-refractivity contribution in [3.63, 3.8) is 0 Å². The molecule has 3 N–H and O–H groups in total. The first-order chi connectivity index (χ1) is 16.6. The summed E-state index contributed by atoms with van der Waals surface area (Å²) in [5.74, 6) is 0. The number of phosphoric acid groups is 2. The minimum atomic E-state index is -4.58. The molecule has 0 amide bonds. The summed E-state index contributed by atoms with van der Waals surface area (Å²) in [6, 6.07) is 0. The van der Waals surface area contributed by atoms with E-state index in [9.17, 15) is 22.2 Å². The monoisotopic (exact) mass is 586 g/mol. The Labute approximate surface area is 218 Å². The van der Waals surface area contributed by atoms with Gasteiger partial charge in [0.05, 0.1) is 13.2 Å². The molecule has 0 fully saturated rings. The number of unbranched alkanes of at least 4 members (excludes halogenated alkanes) is 12. The molecule has 0 rings (SSSR count). The summed E-state index contributed by atoms with van der Waals surface area (Å²) >= 11 is -3.42. The maximum absolute atomic E-state index is 11.7. The Bertz CT molecular complexity index is 545. The summed E-state index contributed by atoms with van der Waals surface area (Å²) in [6.45, 7) is 6.76. The van der Waals surface area contributed by atoms with Crippen LogP contribution >= 0.6 is 15.6 Å². The topological polar surface area (TPSA) is 158 Å². The SMILES string of the molecule is CCCCCCCCOP(=O)(O)OP(=O)(O)OCCCCCCCC.CCCCCO[O][Ti](=[O])[OH]. The van der Waals surface area contributed by atoms with Gasteiger partial charge < -0.3 is 9.79 Å². The van der Waals surface area contributed by atoms with Crippen molar-refractivity contribution in [2.75, 3.05) is 19.8 Å². The molecule has 0 aromatic rings. The average Bonchev–Trinajstić information content (AvgIpc) is 2.77. The van der Waals surface area contributed by atoms with Gasteiger partial charge in [-0.1, -0.05) is 78.1 Å². The van der Waals surface area contributed by atoms with Crippen LogP contribution < -0.4 is 0 Å². The molecule has 0 heterocycles. The normalized spacial score (nSPS) is 14.6. The van der Waals surface area contributed by atoms with Crippen LogP contribution in [0.4, 0.5) is 0 Å². The molecule has 35 heavy (non-hydrogen) atoms. The van der Waals surface area contributed by atoms with Gasteiger partial charge >= 0.3 is 82.4 Å². The zero-order valence-corrected chi connectivity index (χ0v) is 25.1. The molecule has 0 aromatic carbocycles. The van der Waals surface area contributed by atoms with Crippen molar-refractivity contribution in [1.82, 2.24) is 0 Å². The van der Waals surface area contributed by atoms with Gasteiger partial charge in [0.1, 0.15) is 0 Å². The molecule has 0 saturated heterocycles. The molecule has 0 aromatic heterocycles. The van der Waals surface area contributed by atoms with Gasteiger partial charge in [0.15, 0.2) is 0 Å². The molecular formula is C21H48O11P2Ti. The van der Waals surface area contributed by atoms with Crippen molar-refractivity contribution in [2.45, 2.75) is 117 Å². The van der Waals surface area contributed by atoms with Crippen LogP contribution in [0.15, 0.2) is 0 Å². The molecule has 2 unspecified atom stereocenters. The molecule has 0 spiro atoms. The van der Waals surface area contributed by atoms with E-state index in [0.29, 0.717) is 19.4 Å². The van der Waals surface area contributed by atoms with E-state index >= 15 is 0 Å². The van der Waals surface area contributed by atoms with Crippen LogP contribution in [0, 0.1) is 0 Å². The van der Waals surface area contributed by atoms with E-state index in [2.05, 4.69) is 33.4 Å². The molecule has 0 saturated carbocycles. The first kappa shape index (κ1) is 37.8. The first-order valence-electron chi connectivity index (χ1n) is 12.8. The molecule has 0 bridgehead atoms. The molecule has 0 aliphatic rings. The van der Waals surface area contributed by atoms with Crippen LogP contribution in [0.2, 0.25) is 0 Å². The van der Waals surface area contributed by atoms with Gasteiger partial charge in [-0.05, 0) is 12.8 Å². The molecule has 11 nitrogen and oxygen atoms in total. The molecular weight excluding hydrogens is 538 g/mol. The van der Waals surface area contributed by atoms with Gasteiger partial charge in [0, 0.05) is 0 Å². The zero-order valence-electron chi connectivity index (χ0n) is 21.7. The molecule has 14 heteroatoms. The number of hydrogen-bond donors (Lipinski definition) is 3.